The fourth-order valence-electron chi connectivity index (χ4n) is 4.05. The van der Waals surface area contributed by atoms with Crippen LogP contribution in [0.1, 0.15) is 44.9 Å². The van der Waals surface area contributed by atoms with Gasteiger partial charge in [-0.3, -0.25) is 4.79 Å². The molecule has 7 heteroatoms. The van der Waals surface area contributed by atoms with Crippen LogP contribution in [0.15, 0.2) is 0 Å². The summed E-state index contributed by atoms with van der Waals surface area (Å²) in [4.78, 5) is 28.0. The van der Waals surface area contributed by atoms with Crippen LogP contribution in [0.3, 0.4) is 0 Å². The van der Waals surface area contributed by atoms with Crippen LogP contribution in [0, 0.1) is 5.92 Å². The molecule has 1 aliphatic carbocycles. The molecule has 142 valence electrons. The van der Waals surface area contributed by atoms with Crippen LogP contribution in [0.4, 0.5) is 9.18 Å². The van der Waals surface area contributed by atoms with E-state index in [2.05, 4.69) is 0 Å². The number of hydrogen-bond donors (Lipinski definition) is 0. The smallest absolute Gasteiger partial charge is 0.409 e. The lowest BCUT2D eigenvalue weighted by molar-refractivity contribution is -0.144. The van der Waals surface area contributed by atoms with E-state index in [0.717, 1.165) is 32.1 Å². The zero-order valence-corrected chi connectivity index (χ0v) is 15.0. The molecule has 2 heterocycles. The van der Waals surface area contributed by atoms with Crippen molar-refractivity contribution in [3.8, 4) is 0 Å². The quantitative estimate of drug-likeness (QED) is 0.710. The van der Waals surface area contributed by atoms with Gasteiger partial charge in [0, 0.05) is 32.8 Å². The standard InChI is InChI=1S/C18H29FN2O4/c1-24-12-13-25-17(23)20-10-5-14(6-11-20)15-4-2-3-9-21(15)16(22)18(19)7-8-18/h14-15H,2-13H2,1H3. The van der Waals surface area contributed by atoms with Gasteiger partial charge in [0.25, 0.3) is 5.91 Å². The molecule has 3 aliphatic rings. The van der Waals surface area contributed by atoms with Crippen LogP contribution >= 0.6 is 0 Å². The van der Waals surface area contributed by atoms with Crippen LogP contribution in [-0.2, 0) is 14.3 Å². The maximum atomic E-state index is 14.3. The third kappa shape index (κ3) is 4.25. The Kier molecular flexibility index (Phi) is 5.81. The number of alkyl halides is 1. The first kappa shape index (κ1) is 18.4. The normalized spacial score (nSPS) is 26.4. The van der Waals surface area contributed by atoms with Gasteiger partial charge in [0.15, 0.2) is 5.67 Å². The summed E-state index contributed by atoms with van der Waals surface area (Å²) in [7, 11) is 1.57. The van der Waals surface area contributed by atoms with Gasteiger partial charge in [-0.2, -0.15) is 0 Å². The van der Waals surface area contributed by atoms with E-state index in [1.165, 1.54) is 0 Å². The Morgan fingerprint density at radius 1 is 1.08 bits per heavy atom. The highest BCUT2D eigenvalue weighted by molar-refractivity contribution is 5.88. The second-order valence-electron chi connectivity index (χ2n) is 7.46. The van der Waals surface area contributed by atoms with E-state index in [1.54, 1.807) is 12.0 Å². The Morgan fingerprint density at radius 3 is 2.44 bits per heavy atom. The molecule has 2 amide bonds. The molecule has 6 nitrogen and oxygen atoms in total. The van der Waals surface area contributed by atoms with E-state index >= 15 is 0 Å². The highest BCUT2D eigenvalue weighted by Gasteiger charge is 2.54. The first-order valence-corrected chi connectivity index (χ1v) is 9.46. The molecule has 1 unspecified atom stereocenters. The first-order chi connectivity index (χ1) is 12.0. The van der Waals surface area contributed by atoms with Gasteiger partial charge in [0.05, 0.1) is 6.61 Å². The maximum Gasteiger partial charge on any atom is 0.409 e. The maximum absolute atomic E-state index is 14.3. The largest absolute Gasteiger partial charge is 0.447 e. The Labute approximate surface area is 148 Å². The Hall–Kier alpha value is -1.37. The van der Waals surface area contributed by atoms with E-state index in [-0.39, 0.29) is 24.6 Å². The SMILES string of the molecule is COCCOC(=O)N1CCC(C2CCCCN2C(=O)C2(F)CC2)CC1. The summed E-state index contributed by atoms with van der Waals surface area (Å²) >= 11 is 0. The number of amides is 2. The van der Waals surface area contributed by atoms with Crippen LogP contribution in [0.2, 0.25) is 0 Å². The summed E-state index contributed by atoms with van der Waals surface area (Å²) in [5.74, 6) is 0.0493. The summed E-state index contributed by atoms with van der Waals surface area (Å²) in [6.45, 7) is 2.60. The molecule has 0 N–H and O–H groups in total. The van der Waals surface area contributed by atoms with E-state index in [4.69, 9.17) is 9.47 Å². The van der Waals surface area contributed by atoms with E-state index in [9.17, 15) is 14.0 Å². The van der Waals surface area contributed by atoms with Crippen molar-refractivity contribution in [3.05, 3.63) is 0 Å². The lowest BCUT2D eigenvalue weighted by Gasteiger charge is -2.44. The predicted octanol–water partition coefficient (Wildman–Crippen LogP) is 2.36. The fraction of sp³-hybridized carbons (Fsp3) is 0.889. The van der Waals surface area contributed by atoms with E-state index in [0.29, 0.717) is 45.0 Å². The van der Waals surface area contributed by atoms with Gasteiger partial charge >= 0.3 is 6.09 Å². The molecule has 0 aromatic rings. The van der Waals surface area contributed by atoms with Crippen LogP contribution in [0.5, 0.6) is 0 Å². The van der Waals surface area contributed by atoms with Gasteiger partial charge < -0.3 is 19.3 Å². The third-order valence-corrected chi connectivity index (χ3v) is 5.74. The number of halogens is 1. The van der Waals surface area contributed by atoms with Crippen LogP contribution in [0.25, 0.3) is 0 Å². The summed E-state index contributed by atoms with van der Waals surface area (Å²) in [5.41, 5.74) is -1.58. The number of ether oxygens (including phenoxy) is 2. The molecule has 2 saturated heterocycles. The van der Waals surface area contributed by atoms with E-state index < -0.39 is 5.67 Å². The number of hydrogen-bond acceptors (Lipinski definition) is 4. The van der Waals surface area contributed by atoms with Crippen molar-refractivity contribution in [2.45, 2.75) is 56.7 Å². The number of rotatable bonds is 5. The van der Waals surface area contributed by atoms with Gasteiger partial charge in [-0.15, -0.1) is 0 Å². The van der Waals surface area contributed by atoms with Gasteiger partial charge in [-0.1, -0.05) is 0 Å². The van der Waals surface area contributed by atoms with Crippen LogP contribution in [-0.4, -0.2) is 73.5 Å². The van der Waals surface area contributed by atoms with Crippen molar-refractivity contribution in [1.29, 1.82) is 0 Å². The fourth-order valence-corrected chi connectivity index (χ4v) is 4.05. The minimum atomic E-state index is -1.58. The number of nitrogens with zero attached hydrogens (tertiary/aromatic N) is 2. The van der Waals surface area contributed by atoms with Gasteiger partial charge in [0.2, 0.25) is 0 Å². The molecule has 1 atom stereocenters. The number of piperidine rings is 2. The average molecular weight is 356 g/mol. The van der Waals surface area contributed by atoms with E-state index in [1.807, 2.05) is 4.90 Å². The second-order valence-corrected chi connectivity index (χ2v) is 7.46. The molecule has 0 aromatic heterocycles. The Bertz CT molecular complexity index is 489. The first-order valence-electron chi connectivity index (χ1n) is 9.46. The molecule has 2 aliphatic heterocycles. The summed E-state index contributed by atoms with van der Waals surface area (Å²) in [5, 5.41) is 0. The zero-order valence-electron chi connectivity index (χ0n) is 15.0. The van der Waals surface area contributed by atoms with Crippen molar-refractivity contribution in [1.82, 2.24) is 9.80 Å². The Morgan fingerprint density at radius 2 is 1.80 bits per heavy atom. The Balaban J connectivity index is 1.52. The summed E-state index contributed by atoms with van der Waals surface area (Å²) in [6.07, 6.45) is 5.13. The number of likely N-dealkylation sites (tertiary alicyclic amines) is 2. The minimum absolute atomic E-state index is 0.126. The third-order valence-electron chi connectivity index (χ3n) is 5.74. The predicted molar refractivity (Wildman–Crippen MR) is 89.9 cm³/mol. The average Bonchev–Trinajstić information content (AvgIpc) is 3.40. The van der Waals surface area contributed by atoms with Crippen LogP contribution < -0.4 is 0 Å². The molecule has 3 fully saturated rings. The molecule has 0 spiro atoms. The molecular formula is C18H29FN2O4. The second kappa shape index (κ2) is 7.89. The van der Waals surface area contributed by atoms with Crippen molar-refractivity contribution in [3.63, 3.8) is 0 Å². The summed E-state index contributed by atoms with van der Waals surface area (Å²) in [6, 6.07) is 0.126. The van der Waals surface area contributed by atoms with Gasteiger partial charge in [-0.25, -0.2) is 9.18 Å². The molecule has 25 heavy (non-hydrogen) atoms. The zero-order chi connectivity index (χ0) is 17.9. The van der Waals surface area contributed by atoms with Crippen molar-refractivity contribution in [2.24, 2.45) is 5.92 Å². The van der Waals surface area contributed by atoms with Crippen molar-refractivity contribution >= 4 is 12.0 Å². The van der Waals surface area contributed by atoms with Crippen molar-refractivity contribution in [2.75, 3.05) is 40.0 Å². The molecule has 0 aromatic carbocycles. The highest BCUT2D eigenvalue weighted by atomic mass is 19.1. The minimum Gasteiger partial charge on any atom is -0.447 e. The number of carbonyl (C=O) groups excluding carboxylic acids is 2. The number of carbonyl (C=O) groups is 2. The molecule has 0 radical (unpaired) electrons. The monoisotopic (exact) mass is 356 g/mol. The van der Waals surface area contributed by atoms with Crippen molar-refractivity contribution < 1.29 is 23.5 Å². The lowest BCUT2D eigenvalue weighted by Crippen LogP contribution is -2.53. The summed E-state index contributed by atoms with van der Waals surface area (Å²) < 4.78 is 24.3. The molecule has 1 saturated carbocycles. The molecule has 3 rings (SSSR count). The lowest BCUT2D eigenvalue weighted by atomic mass is 9.83. The van der Waals surface area contributed by atoms with Gasteiger partial charge in [-0.05, 0) is 50.9 Å². The van der Waals surface area contributed by atoms with Gasteiger partial charge in [0.1, 0.15) is 6.61 Å². The topological polar surface area (TPSA) is 59.1 Å². The molecular weight excluding hydrogens is 327 g/mol. The highest BCUT2D eigenvalue weighted by Crippen LogP contribution is 2.43. The number of methoxy groups -OCH3 is 1. The molecule has 0 bridgehead atoms.